The molecule has 1 aromatic rings. The molecule has 1 rings (SSSR count). The van der Waals surface area contributed by atoms with Crippen LogP contribution in [0.25, 0.3) is 0 Å². The van der Waals surface area contributed by atoms with E-state index in [9.17, 15) is 0 Å². The van der Waals surface area contributed by atoms with Crippen molar-refractivity contribution in [2.24, 2.45) is 0 Å². The number of hydrogen-bond acceptors (Lipinski definition) is 1. The van der Waals surface area contributed by atoms with E-state index in [2.05, 4.69) is 30.4 Å². The second-order valence-corrected chi connectivity index (χ2v) is 7.27. The average Bonchev–Trinajstić information content (AvgIpc) is 2.29. The second-order valence-electron chi connectivity index (χ2n) is 3.89. The molecule has 0 heterocycles. The molecule has 0 aliphatic rings. The van der Waals surface area contributed by atoms with Gasteiger partial charge in [0, 0.05) is 24.6 Å². The number of rotatable bonds is 4. The summed E-state index contributed by atoms with van der Waals surface area (Å²) < 4.78 is 2.07. The quantitative estimate of drug-likeness (QED) is 0.566. The van der Waals surface area contributed by atoms with E-state index >= 15 is 0 Å². The fourth-order valence-electron chi connectivity index (χ4n) is 1.36. The summed E-state index contributed by atoms with van der Waals surface area (Å²) in [7, 11) is 0. The van der Waals surface area contributed by atoms with Gasteiger partial charge in [0.2, 0.25) is 0 Å². The highest BCUT2D eigenvalue weighted by molar-refractivity contribution is 8.02. The summed E-state index contributed by atoms with van der Waals surface area (Å²) in [5.74, 6) is 6.27. The molecule has 1 aromatic carbocycles. The molecule has 0 unspecified atom stereocenters. The molecule has 0 aromatic heterocycles. The van der Waals surface area contributed by atoms with Gasteiger partial charge in [0.1, 0.15) is 0 Å². The van der Waals surface area contributed by atoms with E-state index in [1.165, 1.54) is 0 Å². The first-order chi connectivity index (χ1) is 8.11. The maximum Gasteiger partial charge on any atom is 0.160 e. The summed E-state index contributed by atoms with van der Waals surface area (Å²) in [4.78, 5) is 0. The lowest BCUT2D eigenvalue weighted by atomic mass is 10.2. The molecule has 0 fully saturated rings. The van der Waals surface area contributed by atoms with Crippen LogP contribution >= 0.6 is 29.3 Å². The third-order valence-corrected chi connectivity index (χ3v) is 4.48. The highest BCUT2D eigenvalue weighted by Gasteiger charge is 2.15. The van der Waals surface area contributed by atoms with Crippen LogP contribution in [0.4, 0.5) is 0 Å². The van der Waals surface area contributed by atoms with Gasteiger partial charge in [-0.1, -0.05) is 52.5 Å². The summed E-state index contributed by atoms with van der Waals surface area (Å²) in [6.07, 6.45) is 0.783. The lowest BCUT2D eigenvalue weighted by Gasteiger charge is -2.25. The third kappa shape index (κ3) is 5.75. The zero-order valence-corrected chi connectivity index (χ0v) is 12.4. The Kier molecular flexibility index (Phi) is 6.93. The van der Waals surface area contributed by atoms with Crippen molar-refractivity contribution in [3.8, 4) is 11.8 Å². The molecule has 0 aliphatic heterocycles. The molecule has 0 saturated carbocycles. The highest BCUT2D eigenvalue weighted by Crippen LogP contribution is 2.51. The summed E-state index contributed by atoms with van der Waals surface area (Å²) >= 11 is 11.9. The first kappa shape index (κ1) is 14.8. The minimum absolute atomic E-state index is 0.356. The Morgan fingerprint density at radius 3 is 2.41 bits per heavy atom. The van der Waals surface area contributed by atoms with Crippen LogP contribution in [0.1, 0.15) is 25.8 Å². The Hall–Kier alpha value is -0.250. The van der Waals surface area contributed by atoms with Crippen molar-refractivity contribution in [2.75, 3.05) is 6.54 Å². The Morgan fingerprint density at radius 2 is 1.88 bits per heavy atom. The lowest BCUT2D eigenvalue weighted by molar-refractivity contribution is 0.399. The van der Waals surface area contributed by atoms with Gasteiger partial charge in [-0.2, -0.15) is 0 Å². The molecule has 4 heteroatoms. The predicted octanol–water partition coefficient (Wildman–Crippen LogP) is 4.84. The first-order valence-corrected chi connectivity index (χ1v) is 8.64. The van der Waals surface area contributed by atoms with Gasteiger partial charge in [-0.05, 0) is 26.0 Å². The average molecular weight is 288 g/mol. The van der Waals surface area contributed by atoms with Crippen molar-refractivity contribution in [1.82, 2.24) is 4.67 Å². The topological polar surface area (TPSA) is 3.24 Å². The fourth-order valence-corrected chi connectivity index (χ4v) is 3.47. The van der Waals surface area contributed by atoms with Crippen LogP contribution in [0.3, 0.4) is 0 Å². The van der Waals surface area contributed by atoms with Gasteiger partial charge in [0.15, 0.2) is 6.78 Å². The van der Waals surface area contributed by atoms with E-state index in [4.69, 9.17) is 22.5 Å². The van der Waals surface area contributed by atoms with Crippen molar-refractivity contribution in [2.45, 2.75) is 26.3 Å². The minimum Gasteiger partial charge on any atom is -0.254 e. The number of hydrogen-bond donors (Lipinski definition) is 0. The van der Waals surface area contributed by atoms with E-state index < -0.39 is 6.78 Å². The molecule has 0 bridgehead atoms. The number of halogens is 2. The molecule has 0 N–H and O–H groups in total. The van der Waals surface area contributed by atoms with Crippen molar-refractivity contribution in [3.63, 3.8) is 0 Å². The molecular weight excluding hydrogens is 272 g/mol. The summed E-state index contributed by atoms with van der Waals surface area (Å²) in [6, 6.07) is 10.3. The minimum atomic E-state index is -1.06. The third-order valence-electron chi connectivity index (χ3n) is 2.26. The van der Waals surface area contributed by atoms with Crippen LogP contribution < -0.4 is 0 Å². The Bertz CT molecular complexity index is 373. The molecule has 0 spiro atoms. The first-order valence-electron chi connectivity index (χ1n) is 5.53. The van der Waals surface area contributed by atoms with E-state index in [1.54, 1.807) is 0 Å². The monoisotopic (exact) mass is 287 g/mol. The van der Waals surface area contributed by atoms with Gasteiger partial charge >= 0.3 is 0 Å². The molecule has 0 saturated heterocycles. The number of benzene rings is 1. The van der Waals surface area contributed by atoms with Crippen molar-refractivity contribution in [3.05, 3.63) is 35.9 Å². The lowest BCUT2D eigenvalue weighted by Crippen LogP contribution is -2.24. The van der Waals surface area contributed by atoms with E-state index in [1.807, 2.05) is 30.3 Å². The maximum absolute atomic E-state index is 5.94. The van der Waals surface area contributed by atoms with Gasteiger partial charge in [-0.25, -0.2) is 0 Å². The summed E-state index contributed by atoms with van der Waals surface area (Å²) in [5.41, 5.74) is 1.04. The van der Waals surface area contributed by atoms with Crippen LogP contribution in [-0.4, -0.2) is 17.3 Å². The predicted molar refractivity (Wildman–Crippen MR) is 78.4 cm³/mol. The standard InChI is InChI=1S/C13H16Cl2NP/c1-12(2)16(17(14)15)11-7-6-10-13-8-4-3-5-9-13/h3-5,8-9,12H,7,11H2,1-2H3. The molecule has 92 valence electrons. The Labute approximate surface area is 114 Å². The van der Waals surface area contributed by atoms with Gasteiger partial charge in [0.25, 0.3) is 0 Å². The molecule has 1 nitrogen and oxygen atoms in total. The summed E-state index contributed by atoms with van der Waals surface area (Å²) in [5, 5.41) is 0. The summed E-state index contributed by atoms with van der Waals surface area (Å²) in [6.45, 7) is 3.93. The highest BCUT2D eigenvalue weighted by atomic mass is 35.9. The molecular formula is C13H16Cl2NP. The van der Waals surface area contributed by atoms with Crippen LogP contribution in [0.5, 0.6) is 0 Å². The Morgan fingerprint density at radius 1 is 1.24 bits per heavy atom. The normalized spacial score (nSPS) is 10.8. The van der Waals surface area contributed by atoms with Gasteiger partial charge in [-0.3, -0.25) is 4.67 Å². The van der Waals surface area contributed by atoms with Gasteiger partial charge in [-0.15, -0.1) is 0 Å². The fraction of sp³-hybridized carbons (Fsp3) is 0.385. The maximum atomic E-state index is 5.94. The largest absolute Gasteiger partial charge is 0.254 e. The molecule has 17 heavy (non-hydrogen) atoms. The van der Waals surface area contributed by atoms with Crippen LogP contribution in [0, 0.1) is 11.8 Å². The number of nitrogens with zero attached hydrogens (tertiary/aromatic N) is 1. The van der Waals surface area contributed by atoms with Gasteiger partial charge in [0.05, 0.1) is 0 Å². The van der Waals surface area contributed by atoms with Crippen LogP contribution in [0.2, 0.25) is 0 Å². The van der Waals surface area contributed by atoms with Gasteiger partial charge < -0.3 is 0 Å². The molecule has 0 aliphatic carbocycles. The molecule has 0 amide bonds. The van der Waals surface area contributed by atoms with E-state index in [0.717, 1.165) is 18.5 Å². The van der Waals surface area contributed by atoms with E-state index in [-0.39, 0.29) is 0 Å². The molecule has 0 atom stereocenters. The van der Waals surface area contributed by atoms with Crippen molar-refractivity contribution >= 4 is 29.3 Å². The zero-order chi connectivity index (χ0) is 12.7. The van der Waals surface area contributed by atoms with Crippen LogP contribution in [-0.2, 0) is 0 Å². The molecule has 0 radical (unpaired) electrons. The SMILES string of the molecule is CC(C)N(CCC#Cc1ccccc1)P(Cl)Cl. The Balaban J connectivity index is 2.44. The van der Waals surface area contributed by atoms with E-state index in [0.29, 0.717) is 6.04 Å². The van der Waals surface area contributed by atoms with Crippen molar-refractivity contribution < 1.29 is 0 Å². The smallest absolute Gasteiger partial charge is 0.160 e. The van der Waals surface area contributed by atoms with Crippen molar-refractivity contribution in [1.29, 1.82) is 0 Å². The zero-order valence-electron chi connectivity index (χ0n) is 10.0. The van der Waals surface area contributed by atoms with Crippen LogP contribution in [0.15, 0.2) is 30.3 Å². The second kappa shape index (κ2) is 7.96.